The van der Waals surface area contributed by atoms with Crippen LogP contribution >= 0.6 is 7.82 Å². The number of esters is 2. The average molecular weight is 1240 g/mol. The second kappa shape index (κ2) is 66.5. The number of carbonyl (C=O) groups excluding carboxylic acids is 2. The number of ether oxygens (including phenoxy) is 2. The first-order chi connectivity index (χ1) is 43.0. The molecule has 0 aromatic carbocycles. The largest absolute Gasteiger partial charge is 0.756 e. The Bertz CT molecular complexity index is 2140. The lowest BCUT2D eigenvalue weighted by Crippen LogP contribution is -2.37. The Morgan fingerprint density at radius 2 is 0.614 bits per heavy atom. The summed E-state index contributed by atoms with van der Waals surface area (Å²) in [6.45, 7) is 3.95. The third kappa shape index (κ3) is 70.2. The minimum Gasteiger partial charge on any atom is -0.756 e. The second-order valence-corrected chi connectivity index (χ2v) is 24.8. The van der Waals surface area contributed by atoms with E-state index in [0.717, 1.165) is 128 Å². The fourth-order valence-corrected chi connectivity index (χ4v) is 9.44. The number of phosphoric acid groups is 1. The van der Waals surface area contributed by atoms with Crippen LogP contribution in [0.3, 0.4) is 0 Å². The number of rotatable bonds is 61. The summed E-state index contributed by atoms with van der Waals surface area (Å²) in [5.74, 6) is -0.895. The summed E-state index contributed by atoms with van der Waals surface area (Å²) in [6.07, 6.45) is 103. The van der Waals surface area contributed by atoms with Crippen LogP contribution in [0.5, 0.6) is 0 Å². The molecule has 0 aromatic heterocycles. The third-order valence-electron chi connectivity index (χ3n) is 13.9. The first kappa shape index (κ1) is 83.1. The SMILES string of the molecule is CC/C=C\C/C=C\C/C=C\C/C=C\C/C=C\C/C=C\C/C=C\C/C=C\C/C=C\C/C=C\CCCCC(=O)OC(COC(=O)CCCCCCCCCCCCCCCCC/C=C\C/C=C\C/C=C\C/C=C\C/C=C\CC)COP(=O)([O-])OCC[N+](C)(C)C. The number of nitrogens with zero attached hydrogens (tertiary/aromatic N) is 1. The van der Waals surface area contributed by atoms with E-state index in [4.69, 9.17) is 18.5 Å². The standard InChI is InChI=1S/C78H126NO8P/c1-6-8-10-12-14-16-18-20-22-24-26-28-30-32-34-36-38-39-41-43-45-47-49-51-53-55-57-59-61-63-65-67-69-71-78(81)87-76(75-86-88(82,83)85-73-72-79(3,4)5)74-84-77(80)70-68-66-64-62-60-58-56-54-52-50-48-46-44-42-40-37-35-33-31-29-27-25-23-21-19-17-15-13-11-9-7-2/h8-11,14-17,20-23,26-29,32-35,38-39,43,45,49,51,55,57,61,63,76H,6-7,12-13,18-19,24-25,30-31,36-37,40-42,44,46-48,50,52-54,56,58-60,62,64-75H2,1-5H3/b10-8-,11-9-,16-14-,17-15-,22-20-,23-21-,28-26-,29-27-,34-32-,35-33-,39-38-,45-43-,51-49-,57-55-,63-61-. The molecule has 2 unspecified atom stereocenters. The molecule has 0 rings (SSSR count). The molecular weight excluding hydrogens is 1110 g/mol. The smallest absolute Gasteiger partial charge is 0.306 e. The van der Waals surface area contributed by atoms with Gasteiger partial charge in [0.25, 0.3) is 7.82 Å². The van der Waals surface area contributed by atoms with Crippen molar-refractivity contribution in [3.8, 4) is 0 Å². The molecule has 0 aromatic rings. The Morgan fingerprint density at radius 1 is 0.352 bits per heavy atom. The van der Waals surface area contributed by atoms with Crippen LogP contribution in [0.25, 0.3) is 0 Å². The minimum absolute atomic E-state index is 0.0491. The molecule has 0 aliphatic rings. The number of hydrogen-bond donors (Lipinski definition) is 0. The molecule has 88 heavy (non-hydrogen) atoms. The quantitative estimate of drug-likeness (QED) is 0.0195. The molecule has 10 heteroatoms. The Hall–Kier alpha value is -4.89. The van der Waals surface area contributed by atoms with Crippen molar-refractivity contribution in [2.24, 2.45) is 0 Å². The molecule has 0 heterocycles. The molecule has 496 valence electrons. The number of carbonyl (C=O) groups is 2. The van der Waals surface area contributed by atoms with E-state index in [-0.39, 0.29) is 26.1 Å². The maximum absolute atomic E-state index is 12.8. The molecule has 0 saturated carbocycles. The number of phosphoric ester groups is 1. The summed E-state index contributed by atoms with van der Waals surface area (Å²) >= 11 is 0. The maximum Gasteiger partial charge on any atom is 0.306 e. The molecule has 0 fully saturated rings. The van der Waals surface area contributed by atoms with Crippen LogP contribution in [-0.2, 0) is 32.7 Å². The topological polar surface area (TPSA) is 111 Å². The maximum atomic E-state index is 12.8. The molecule has 0 aliphatic heterocycles. The van der Waals surface area contributed by atoms with Crippen molar-refractivity contribution in [3.63, 3.8) is 0 Å². The molecule has 2 atom stereocenters. The van der Waals surface area contributed by atoms with E-state index in [0.29, 0.717) is 23.9 Å². The van der Waals surface area contributed by atoms with Crippen LogP contribution in [0.15, 0.2) is 182 Å². The molecule has 0 saturated heterocycles. The highest BCUT2D eigenvalue weighted by Crippen LogP contribution is 2.38. The number of allylic oxidation sites excluding steroid dienone is 30. The van der Waals surface area contributed by atoms with E-state index in [1.54, 1.807) is 0 Å². The molecular formula is C78H126NO8P. The van der Waals surface area contributed by atoms with Crippen LogP contribution < -0.4 is 4.89 Å². The first-order valence-electron chi connectivity index (χ1n) is 34.5. The van der Waals surface area contributed by atoms with Gasteiger partial charge in [0.1, 0.15) is 19.8 Å². The molecule has 0 radical (unpaired) electrons. The zero-order valence-corrected chi connectivity index (χ0v) is 57.2. The highest BCUT2D eigenvalue weighted by atomic mass is 31.2. The Labute approximate surface area is 540 Å². The van der Waals surface area contributed by atoms with Gasteiger partial charge in [-0.05, 0) is 135 Å². The summed E-state index contributed by atoms with van der Waals surface area (Å²) in [6, 6.07) is 0. The van der Waals surface area contributed by atoms with Gasteiger partial charge >= 0.3 is 11.9 Å². The van der Waals surface area contributed by atoms with Crippen molar-refractivity contribution in [2.45, 2.75) is 251 Å². The van der Waals surface area contributed by atoms with E-state index in [9.17, 15) is 19.0 Å². The third-order valence-corrected chi connectivity index (χ3v) is 14.9. The molecule has 9 nitrogen and oxygen atoms in total. The first-order valence-corrected chi connectivity index (χ1v) is 36.0. The van der Waals surface area contributed by atoms with Crippen LogP contribution in [0.1, 0.15) is 245 Å². The predicted molar refractivity (Wildman–Crippen MR) is 378 cm³/mol. The fourth-order valence-electron chi connectivity index (χ4n) is 8.71. The highest BCUT2D eigenvalue weighted by molar-refractivity contribution is 7.45. The minimum atomic E-state index is -4.67. The summed E-state index contributed by atoms with van der Waals surface area (Å²) in [7, 11) is 1.11. The molecule has 0 amide bonds. The van der Waals surface area contributed by atoms with Gasteiger partial charge in [0.2, 0.25) is 0 Å². The van der Waals surface area contributed by atoms with Crippen LogP contribution in [0.2, 0.25) is 0 Å². The van der Waals surface area contributed by atoms with Gasteiger partial charge in [0.05, 0.1) is 27.7 Å². The second-order valence-electron chi connectivity index (χ2n) is 23.4. The normalized spacial score (nSPS) is 14.3. The van der Waals surface area contributed by atoms with Gasteiger partial charge in [-0.1, -0.05) is 280 Å². The zero-order chi connectivity index (χ0) is 64.1. The predicted octanol–water partition coefficient (Wildman–Crippen LogP) is 22.1. The van der Waals surface area contributed by atoms with E-state index >= 15 is 0 Å². The lowest BCUT2D eigenvalue weighted by Gasteiger charge is -2.28. The highest BCUT2D eigenvalue weighted by Gasteiger charge is 2.22. The average Bonchev–Trinajstić information content (AvgIpc) is 3.56. The Morgan fingerprint density at radius 3 is 0.932 bits per heavy atom. The molecule has 0 spiro atoms. The van der Waals surface area contributed by atoms with Gasteiger partial charge in [-0.2, -0.15) is 0 Å². The Kier molecular flexibility index (Phi) is 62.8. The van der Waals surface area contributed by atoms with Crippen molar-refractivity contribution in [2.75, 3.05) is 47.5 Å². The van der Waals surface area contributed by atoms with Crippen molar-refractivity contribution in [1.29, 1.82) is 0 Å². The van der Waals surface area contributed by atoms with Crippen molar-refractivity contribution < 1.29 is 42.1 Å². The molecule has 0 N–H and O–H groups in total. The van der Waals surface area contributed by atoms with E-state index in [1.807, 2.05) is 21.1 Å². The van der Waals surface area contributed by atoms with Gasteiger partial charge in [0, 0.05) is 12.8 Å². The van der Waals surface area contributed by atoms with E-state index in [2.05, 4.69) is 196 Å². The summed E-state index contributed by atoms with van der Waals surface area (Å²) < 4.78 is 34.2. The van der Waals surface area contributed by atoms with Gasteiger partial charge < -0.3 is 27.9 Å². The molecule has 0 bridgehead atoms. The number of hydrogen-bond acceptors (Lipinski definition) is 8. The van der Waals surface area contributed by atoms with Crippen LogP contribution in [0.4, 0.5) is 0 Å². The summed E-state index contributed by atoms with van der Waals surface area (Å²) in [4.78, 5) is 38.0. The lowest BCUT2D eigenvalue weighted by atomic mass is 10.0. The van der Waals surface area contributed by atoms with Gasteiger partial charge in [0.15, 0.2) is 6.10 Å². The van der Waals surface area contributed by atoms with E-state index < -0.39 is 32.5 Å². The van der Waals surface area contributed by atoms with Crippen molar-refractivity contribution >= 4 is 19.8 Å². The van der Waals surface area contributed by atoms with Crippen molar-refractivity contribution in [3.05, 3.63) is 182 Å². The summed E-state index contributed by atoms with van der Waals surface area (Å²) in [5.41, 5.74) is 0. The zero-order valence-electron chi connectivity index (χ0n) is 56.3. The van der Waals surface area contributed by atoms with E-state index in [1.165, 1.54) is 77.0 Å². The van der Waals surface area contributed by atoms with Crippen molar-refractivity contribution in [1.82, 2.24) is 0 Å². The molecule has 0 aliphatic carbocycles. The fraction of sp³-hybridized carbons (Fsp3) is 0.590. The van der Waals surface area contributed by atoms with Crippen LogP contribution in [-0.4, -0.2) is 70.0 Å². The Balaban J connectivity index is 4.20. The lowest BCUT2D eigenvalue weighted by molar-refractivity contribution is -0.870. The van der Waals surface area contributed by atoms with Gasteiger partial charge in [-0.25, -0.2) is 0 Å². The van der Waals surface area contributed by atoms with Gasteiger partial charge in [-0.3, -0.25) is 14.2 Å². The van der Waals surface area contributed by atoms with Gasteiger partial charge in [-0.15, -0.1) is 0 Å². The number of unbranched alkanes of at least 4 members (excludes halogenated alkanes) is 17. The monoisotopic (exact) mass is 1240 g/mol. The number of likely N-dealkylation sites (N-methyl/N-ethyl adjacent to an activating group) is 1. The number of quaternary nitrogens is 1. The summed E-state index contributed by atoms with van der Waals surface area (Å²) in [5, 5.41) is 0. The van der Waals surface area contributed by atoms with Crippen LogP contribution in [0, 0.1) is 0 Å².